The Kier molecular flexibility index (Phi) is 4.28. The van der Waals surface area contributed by atoms with E-state index < -0.39 is 5.97 Å². The molecule has 0 aromatic carbocycles. The molecule has 0 radical (unpaired) electrons. The molecule has 19 heavy (non-hydrogen) atoms. The molecule has 2 heterocycles. The second-order valence-electron chi connectivity index (χ2n) is 4.30. The molecular formula is C12H16N4O2S. The maximum atomic E-state index is 10.7. The molecule has 6 nitrogen and oxygen atoms in total. The van der Waals surface area contributed by atoms with Gasteiger partial charge in [0.2, 0.25) is 0 Å². The van der Waals surface area contributed by atoms with Crippen LogP contribution in [-0.2, 0) is 6.54 Å². The zero-order valence-electron chi connectivity index (χ0n) is 10.8. The Hall–Kier alpha value is -1.73. The van der Waals surface area contributed by atoms with Gasteiger partial charge < -0.3 is 10.4 Å². The van der Waals surface area contributed by atoms with Crippen molar-refractivity contribution in [2.75, 3.05) is 6.54 Å². The van der Waals surface area contributed by atoms with Crippen molar-refractivity contribution >= 4 is 17.3 Å². The number of carboxylic acid groups (broad SMARTS) is 1. The highest BCUT2D eigenvalue weighted by Gasteiger charge is 2.09. The van der Waals surface area contributed by atoms with E-state index in [1.165, 1.54) is 20.6 Å². The van der Waals surface area contributed by atoms with Crippen LogP contribution in [0, 0.1) is 6.92 Å². The average molecular weight is 280 g/mol. The Morgan fingerprint density at radius 2 is 2.37 bits per heavy atom. The zero-order chi connectivity index (χ0) is 13.8. The van der Waals surface area contributed by atoms with Crippen LogP contribution in [0.4, 0.5) is 0 Å². The van der Waals surface area contributed by atoms with Crippen LogP contribution >= 0.6 is 11.3 Å². The van der Waals surface area contributed by atoms with Gasteiger partial charge >= 0.3 is 5.97 Å². The second kappa shape index (κ2) is 5.94. The Bertz CT molecular complexity index is 564. The molecule has 0 spiro atoms. The number of hydrogen-bond acceptors (Lipinski definition) is 5. The average Bonchev–Trinajstić information content (AvgIpc) is 2.98. The molecule has 0 aliphatic carbocycles. The molecule has 1 atom stereocenters. The first-order valence-corrected chi connectivity index (χ1v) is 6.81. The van der Waals surface area contributed by atoms with Crippen molar-refractivity contribution in [3.05, 3.63) is 33.8 Å². The summed E-state index contributed by atoms with van der Waals surface area (Å²) in [6.07, 6.45) is 1.43. The molecule has 2 N–H and O–H groups in total. The van der Waals surface area contributed by atoms with Crippen LogP contribution in [0.15, 0.2) is 18.3 Å². The fraction of sp³-hybridized carbons (Fsp3) is 0.417. The van der Waals surface area contributed by atoms with Crippen LogP contribution in [0.1, 0.15) is 33.2 Å². The van der Waals surface area contributed by atoms with E-state index in [2.05, 4.69) is 41.6 Å². The first-order chi connectivity index (χ1) is 9.06. The molecule has 2 rings (SSSR count). The molecule has 102 valence electrons. The Labute approximate surface area is 115 Å². The normalized spacial score (nSPS) is 12.5. The number of rotatable bonds is 6. The van der Waals surface area contributed by atoms with Gasteiger partial charge in [-0.2, -0.15) is 0 Å². The van der Waals surface area contributed by atoms with Gasteiger partial charge in [-0.1, -0.05) is 5.21 Å². The SMILES string of the molecule is Cc1ccc(C(C)NCCn2cc(C(=O)O)nn2)s1. The van der Waals surface area contributed by atoms with Crippen LogP contribution in [0.25, 0.3) is 0 Å². The number of carboxylic acids is 1. The summed E-state index contributed by atoms with van der Waals surface area (Å²) in [5, 5.41) is 19.4. The zero-order valence-corrected chi connectivity index (χ0v) is 11.6. The third-order valence-corrected chi connectivity index (χ3v) is 3.92. The molecule has 1 unspecified atom stereocenters. The minimum absolute atomic E-state index is 0.0260. The van der Waals surface area contributed by atoms with Crippen molar-refractivity contribution in [1.82, 2.24) is 20.3 Å². The van der Waals surface area contributed by atoms with Crippen LogP contribution in [0.5, 0.6) is 0 Å². The van der Waals surface area contributed by atoms with Gasteiger partial charge in [0.05, 0.1) is 12.7 Å². The van der Waals surface area contributed by atoms with Gasteiger partial charge in [-0.05, 0) is 26.0 Å². The molecule has 0 aliphatic heterocycles. The van der Waals surface area contributed by atoms with E-state index in [0.29, 0.717) is 13.1 Å². The van der Waals surface area contributed by atoms with Crippen molar-refractivity contribution in [3.8, 4) is 0 Å². The summed E-state index contributed by atoms with van der Waals surface area (Å²) in [6.45, 7) is 5.49. The van der Waals surface area contributed by atoms with Gasteiger partial charge in [0.25, 0.3) is 0 Å². The molecular weight excluding hydrogens is 264 g/mol. The molecule has 0 amide bonds. The largest absolute Gasteiger partial charge is 0.476 e. The lowest BCUT2D eigenvalue weighted by atomic mass is 10.3. The lowest BCUT2D eigenvalue weighted by Crippen LogP contribution is -2.23. The minimum atomic E-state index is -1.05. The molecule has 0 saturated carbocycles. The van der Waals surface area contributed by atoms with E-state index in [-0.39, 0.29) is 11.7 Å². The Morgan fingerprint density at radius 1 is 1.58 bits per heavy atom. The maximum absolute atomic E-state index is 10.7. The van der Waals surface area contributed by atoms with Crippen molar-refractivity contribution in [2.45, 2.75) is 26.4 Å². The predicted molar refractivity (Wildman–Crippen MR) is 72.5 cm³/mol. The topological polar surface area (TPSA) is 80.0 Å². The number of carbonyl (C=O) groups is 1. The highest BCUT2D eigenvalue weighted by atomic mass is 32.1. The number of hydrogen-bond donors (Lipinski definition) is 2. The third kappa shape index (κ3) is 3.62. The molecule has 0 fully saturated rings. The van der Waals surface area contributed by atoms with E-state index >= 15 is 0 Å². The summed E-state index contributed by atoms with van der Waals surface area (Å²) >= 11 is 1.78. The number of aryl methyl sites for hydroxylation is 1. The van der Waals surface area contributed by atoms with Gasteiger partial charge in [-0.25, -0.2) is 4.79 Å². The molecule has 2 aromatic heterocycles. The monoisotopic (exact) mass is 280 g/mol. The predicted octanol–water partition coefficient (Wildman–Crippen LogP) is 1.70. The van der Waals surface area contributed by atoms with E-state index in [1.54, 1.807) is 11.3 Å². The lowest BCUT2D eigenvalue weighted by Gasteiger charge is -2.11. The first kappa shape index (κ1) is 13.7. The van der Waals surface area contributed by atoms with Gasteiger partial charge in [0.1, 0.15) is 0 Å². The van der Waals surface area contributed by atoms with Crippen LogP contribution < -0.4 is 5.32 Å². The Balaban J connectivity index is 1.81. The van der Waals surface area contributed by atoms with E-state index in [9.17, 15) is 4.79 Å². The third-order valence-electron chi connectivity index (χ3n) is 2.74. The summed E-state index contributed by atoms with van der Waals surface area (Å²) in [7, 11) is 0. The highest BCUT2D eigenvalue weighted by Crippen LogP contribution is 2.21. The van der Waals surface area contributed by atoms with E-state index in [1.807, 2.05) is 0 Å². The van der Waals surface area contributed by atoms with Gasteiger partial charge in [0.15, 0.2) is 5.69 Å². The van der Waals surface area contributed by atoms with Crippen LogP contribution in [0.3, 0.4) is 0 Å². The van der Waals surface area contributed by atoms with Crippen molar-refractivity contribution in [3.63, 3.8) is 0 Å². The fourth-order valence-electron chi connectivity index (χ4n) is 1.69. The van der Waals surface area contributed by atoms with Crippen molar-refractivity contribution < 1.29 is 9.90 Å². The van der Waals surface area contributed by atoms with E-state index in [0.717, 1.165) is 0 Å². The number of nitrogens with zero attached hydrogens (tertiary/aromatic N) is 3. The molecule has 7 heteroatoms. The van der Waals surface area contributed by atoms with Crippen LogP contribution in [0.2, 0.25) is 0 Å². The summed E-state index contributed by atoms with van der Waals surface area (Å²) in [4.78, 5) is 13.2. The summed E-state index contributed by atoms with van der Waals surface area (Å²) in [5.41, 5.74) is -0.0260. The van der Waals surface area contributed by atoms with Crippen molar-refractivity contribution in [2.24, 2.45) is 0 Å². The molecule has 2 aromatic rings. The summed E-state index contributed by atoms with van der Waals surface area (Å²) in [6, 6.07) is 4.51. The highest BCUT2D eigenvalue weighted by molar-refractivity contribution is 7.12. The molecule has 0 bridgehead atoms. The number of thiophene rings is 1. The number of aromatic carboxylic acids is 1. The molecule has 0 saturated heterocycles. The Morgan fingerprint density at radius 3 is 2.95 bits per heavy atom. The van der Waals surface area contributed by atoms with Crippen molar-refractivity contribution in [1.29, 1.82) is 0 Å². The van der Waals surface area contributed by atoms with Gasteiger partial charge in [-0.15, -0.1) is 16.4 Å². The molecule has 0 aliphatic rings. The summed E-state index contributed by atoms with van der Waals surface area (Å²) < 4.78 is 1.53. The lowest BCUT2D eigenvalue weighted by molar-refractivity contribution is 0.0690. The number of aromatic nitrogens is 3. The quantitative estimate of drug-likeness (QED) is 0.841. The smallest absolute Gasteiger partial charge is 0.358 e. The first-order valence-electron chi connectivity index (χ1n) is 5.99. The minimum Gasteiger partial charge on any atom is -0.476 e. The standard InChI is InChI=1S/C12H16N4O2S/c1-8-3-4-11(19-8)9(2)13-5-6-16-7-10(12(17)18)14-15-16/h3-4,7,9,13H,5-6H2,1-2H3,(H,17,18). The number of nitrogens with one attached hydrogen (secondary N) is 1. The maximum Gasteiger partial charge on any atom is 0.358 e. The van der Waals surface area contributed by atoms with Crippen LogP contribution in [-0.4, -0.2) is 32.6 Å². The van der Waals surface area contributed by atoms with Gasteiger partial charge in [-0.3, -0.25) is 4.68 Å². The van der Waals surface area contributed by atoms with E-state index in [4.69, 9.17) is 5.11 Å². The second-order valence-corrected chi connectivity index (χ2v) is 5.62. The van der Waals surface area contributed by atoms with Gasteiger partial charge in [0, 0.05) is 22.3 Å². The summed E-state index contributed by atoms with van der Waals surface area (Å²) in [5.74, 6) is -1.05. The fourth-order valence-corrected chi connectivity index (χ4v) is 2.59.